The first-order chi connectivity index (χ1) is 15.9. The average Bonchev–Trinajstić information content (AvgIpc) is 3.36. The van der Waals surface area contributed by atoms with Gasteiger partial charge in [0, 0.05) is 69.1 Å². The molecular formula is C22H30N4O5S2. The maximum Gasteiger partial charge on any atom is 0.270 e. The molecule has 1 aromatic carbocycles. The van der Waals surface area contributed by atoms with E-state index in [1.165, 1.54) is 16.6 Å². The van der Waals surface area contributed by atoms with Crippen molar-refractivity contribution in [2.45, 2.75) is 11.4 Å². The molecule has 2 aliphatic rings. The van der Waals surface area contributed by atoms with Gasteiger partial charge < -0.3 is 19.4 Å². The van der Waals surface area contributed by atoms with Crippen LogP contribution in [0.4, 0.5) is 0 Å². The largest absolute Gasteiger partial charge is 0.497 e. The zero-order valence-electron chi connectivity index (χ0n) is 19.0. The van der Waals surface area contributed by atoms with E-state index in [1.807, 2.05) is 18.2 Å². The molecule has 180 valence electrons. The smallest absolute Gasteiger partial charge is 0.270 e. The van der Waals surface area contributed by atoms with E-state index >= 15 is 0 Å². The minimum absolute atomic E-state index is 0.154. The van der Waals surface area contributed by atoms with Gasteiger partial charge in [-0.1, -0.05) is 0 Å². The van der Waals surface area contributed by atoms with Crippen LogP contribution in [0.15, 0.2) is 35.4 Å². The van der Waals surface area contributed by atoms with Gasteiger partial charge in [0.05, 0.1) is 14.2 Å². The van der Waals surface area contributed by atoms with Crippen molar-refractivity contribution in [3.05, 3.63) is 41.7 Å². The van der Waals surface area contributed by atoms with Gasteiger partial charge in [0.15, 0.2) is 0 Å². The zero-order valence-corrected chi connectivity index (χ0v) is 20.6. The summed E-state index contributed by atoms with van der Waals surface area (Å²) in [6.45, 7) is 4.25. The number of rotatable bonds is 7. The molecule has 1 aromatic heterocycles. The third-order valence-electron chi connectivity index (χ3n) is 6.04. The number of benzene rings is 1. The Labute approximate surface area is 199 Å². The van der Waals surface area contributed by atoms with E-state index in [9.17, 15) is 13.2 Å². The molecule has 1 N–H and O–H groups in total. The maximum absolute atomic E-state index is 13.0. The summed E-state index contributed by atoms with van der Waals surface area (Å²) in [5, 5.41) is 0. The second-order valence-corrected chi connectivity index (χ2v) is 11.2. The molecule has 0 radical (unpaired) electrons. The predicted molar refractivity (Wildman–Crippen MR) is 128 cm³/mol. The highest BCUT2D eigenvalue weighted by atomic mass is 32.2. The number of thioether (sulfide) groups is 1. The standard InChI is InChI=1S/C22H30N4O5S2/c1-30-18-3-4-21(31-2)17(13-18)16-24-5-7-25(8-6-24)22(27)20-14-19(15-23-20)33(28,29)26-9-11-32-12-10-26/h3-4,13-15,23H,5-12,16H2,1-2H3. The molecule has 4 rings (SSSR count). The van der Waals surface area contributed by atoms with Crippen LogP contribution in [-0.4, -0.2) is 98.4 Å². The average molecular weight is 495 g/mol. The minimum Gasteiger partial charge on any atom is -0.497 e. The molecule has 0 saturated carbocycles. The van der Waals surface area contributed by atoms with Gasteiger partial charge in [0.1, 0.15) is 22.1 Å². The fourth-order valence-electron chi connectivity index (χ4n) is 4.11. The Kier molecular flexibility index (Phi) is 7.52. The molecule has 3 heterocycles. The minimum atomic E-state index is -3.57. The van der Waals surface area contributed by atoms with E-state index in [1.54, 1.807) is 30.9 Å². The number of ether oxygens (including phenoxy) is 2. The predicted octanol–water partition coefficient (Wildman–Crippen LogP) is 1.73. The van der Waals surface area contributed by atoms with Gasteiger partial charge in [-0.2, -0.15) is 16.1 Å². The lowest BCUT2D eigenvalue weighted by molar-refractivity contribution is 0.0622. The van der Waals surface area contributed by atoms with Gasteiger partial charge >= 0.3 is 0 Å². The van der Waals surface area contributed by atoms with E-state index in [2.05, 4.69) is 9.88 Å². The van der Waals surface area contributed by atoms with Crippen LogP contribution in [0.25, 0.3) is 0 Å². The summed E-state index contributed by atoms with van der Waals surface area (Å²) >= 11 is 1.75. The maximum atomic E-state index is 13.0. The topological polar surface area (TPSA) is 95.2 Å². The van der Waals surface area contributed by atoms with Gasteiger partial charge in [0.25, 0.3) is 5.91 Å². The van der Waals surface area contributed by atoms with Gasteiger partial charge in [-0.3, -0.25) is 9.69 Å². The van der Waals surface area contributed by atoms with Gasteiger partial charge in [-0.05, 0) is 24.3 Å². The van der Waals surface area contributed by atoms with Crippen LogP contribution in [0.3, 0.4) is 0 Å². The van der Waals surface area contributed by atoms with E-state index in [0.29, 0.717) is 51.5 Å². The van der Waals surface area contributed by atoms with Crippen LogP contribution >= 0.6 is 11.8 Å². The van der Waals surface area contributed by atoms with Crippen LogP contribution < -0.4 is 9.47 Å². The van der Waals surface area contributed by atoms with Crippen LogP contribution in [0.1, 0.15) is 16.1 Å². The number of piperazine rings is 1. The number of hydrogen-bond acceptors (Lipinski definition) is 7. The van der Waals surface area contributed by atoms with Crippen LogP contribution in [0.5, 0.6) is 11.5 Å². The highest BCUT2D eigenvalue weighted by Gasteiger charge is 2.29. The Morgan fingerprint density at radius 3 is 2.42 bits per heavy atom. The monoisotopic (exact) mass is 494 g/mol. The number of hydrogen-bond donors (Lipinski definition) is 1. The van der Waals surface area contributed by atoms with Crippen molar-refractivity contribution in [2.75, 3.05) is 65.0 Å². The number of carbonyl (C=O) groups excluding carboxylic acids is 1. The van der Waals surface area contributed by atoms with Gasteiger partial charge in [-0.15, -0.1) is 0 Å². The summed E-state index contributed by atoms with van der Waals surface area (Å²) in [6, 6.07) is 7.20. The van der Waals surface area contributed by atoms with Crippen molar-refractivity contribution < 1.29 is 22.7 Å². The number of methoxy groups -OCH3 is 2. The molecule has 0 atom stereocenters. The number of aromatic amines is 1. The number of aromatic nitrogens is 1. The molecule has 0 bridgehead atoms. The van der Waals surface area contributed by atoms with Crippen molar-refractivity contribution in [3.63, 3.8) is 0 Å². The normalized spacial score (nSPS) is 18.3. The molecule has 2 aliphatic heterocycles. The fraction of sp³-hybridized carbons (Fsp3) is 0.500. The number of sulfonamides is 1. The SMILES string of the molecule is COc1ccc(OC)c(CN2CCN(C(=O)c3cc(S(=O)(=O)N4CCSCC4)c[nH]3)CC2)c1. The summed E-state index contributed by atoms with van der Waals surface area (Å²) in [7, 11) is -0.286. The molecule has 0 spiro atoms. The van der Waals surface area contributed by atoms with Crippen molar-refractivity contribution in [1.29, 1.82) is 0 Å². The number of H-pyrrole nitrogens is 1. The molecule has 0 aliphatic carbocycles. The van der Waals surface area contributed by atoms with E-state index in [4.69, 9.17) is 9.47 Å². The number of nitrogens with one attached hydrogen (secondary N) is 1. The summed E-state index contributed by atoms with van der Waals surface area (Å²) in [6.07, 6.45) is 1.43. The molecule has 2 aromatic rings. The zero-order chi connectivity index (χ0) is 23.4. The quantitative estimate of drug-likeness (QED) is 0.626. The molecular weight excluding hydrogens is 464 g/mol. The Morgan fingerprint density at radius 1 is 1.03 bits per heavy atom. The lowest BCUT2D eigenvalue weighted by Gasteiger charge is -2.34. The summed E-state index contributed by atoms with van der Waals surface area (Å²) in [5.74, 6) is 2.99. The molecule has 1 amide bonds. The van der Waals surface area contributed by atoms with Gasteiger partial charge in [0.2, 0.25) is 10.0 Å². The third-order valence-corrected chi connectivity index (χ3v) is 8.85. The molecule has 2 saturated heterocycles. The molecule has 0 unspecified atom stereocenters. The van der Waals surface area contributed by atoms with E-state index < -0.39 is 10.0 Å². The van der Waals surface area contributed by atoms with Crippen LogP contribution in [0, 0.1) is 0 Å². The second-order valence-electron chi connectivity index (χ2n) is 8.01. The van der Waals surface area contributed by atoms with E-state index in [-0.39, 0.29) is 10.8 Å². The summed E-state index contributed by atoms with van der Waals surface area (Å²) < 4.78 is 38.0. The first-order valence-corrected chi connectivity index (χ1v) is 13.5. The Bertz CT molecular complexity index is 1070. The Morgan fingerprint density at radius 2 is 1.76 bits per heavy atom. The number of amides is 1. The number of nitrogens with zero attached hydrogens (tertiary/aromatic N) is 3. The molecule has 33 heavy (non-hydrogen) atoms. The van der Waals surface area contributed by atoms with E-state index in [0.717, 1.165) is 28.6 Å². The first kappa shape index (κ1) is 23.9. The lowest BCUT2D eigenvalue weighted by atomic mass is 10.1. The van der Waals surface area contributed by atoms with Crippen molar-refractivity contribution in [3.8, 4) is 11.5 Å². The lowest BCUT2D eigenvalue weighted by Crippen LogP contribution is -2.48. The molecule has 2 fully saturated rings. The first-order valence-electron chi connectivity index (χ1n) is 10.9. The third kappa shape index (κ3) is 5.32. The summed E-state index contributed by atoms with van der Waals surface area (Å²) in [5.41, 5.74) is 1.34. The second kappa shape index (κ2) is 10.4. The van der Waals surface area contributed by atoms with Crippen LogP contribution in [-0.2, 0) is 16.6 Å². The van der Waals surface area contributed by atoms with Gasteiger partial charge in [-0.25, -0.2) is 8.42 Å². The molecule has 9 nitrogen and oxygen atoms in total. The van der Waals surface area contributed by atoms with Crippen molar-refractivity contribution >= 4 is 27.7 Å². The fourth-order valence-corrected chi connectivity index (χ4v) is 6.68. The highest BCUT2D eigenvalue weighted by Crippen LogP contribution is 2.26. The number of carbonyl (C=O) groups is 1. The Balaban J connectivity index is 1.36. The Hall–Kier alpha value is -2.21. The van der Waals surface area contributed by atoms with Crippen molar-refractivity contribution in [1.82, 2.24) is 19.1 Å². The highest BCUT2D eigenvalue weighted by molar-refractivity contribution is 7.99. The summed E-state index contributed by atoms with van der Waals surface area (Å²) in [4.78, 5) is 20.1. The van der Waals surface area contributed by atoms with Crippen LogP contribution in [0.2, 0.25) is 0 Å². The van der Waals surface area contributed by atoms with Crippen molar-refractivity contribution in [2.24, 2.45) is 0 Å². The molecule has 11 heteroatoms.